The third-order valence-electron chi connectivity index (χ3n) is 2.91. The number of halogens is 1. The maximum atomic E-state index is 13.4. The van der Waals surface area contributed by atoms with Crippen molar-refractivity contribution >= 4 is 11.9 Å². The molecule has 6 heteroatoms. The van der Waals surface area contributed by atoms with Gasteiger partial charge in [0.05, 0.1) is 0 Å². The molecular formula is C14H18FNO4. The van der Waals surface area contributed by atoms with Crippen LogP contribution in [0.5, 0.6) is 5.75 Å². The number of carbonyl (C=O) groups excluding carboxylic acids is 1. The first-order valence-corrected chi connectivity index (χ1v) is 6.22. The van der Waals surface area contributed by atoms with Crippen molar-refractivity contribution in [2.45, 2.75) is 32.7 Å². The Kier molecular flexibility index (Phi) is 5.07. The molecule has 20 heavy (non-hydrogen) atoms. The van der Waals surface area contributed by atoms with Gasteiger partial charge in [-0.2, -0.15) is 0 Å². The topological polar surface area (TPSA) is 75.6 Å². The second-order valence-electron chi connectivity index (χ2n) is 4.99. The van der Waals surface area contributed by atoms with Crippen LogP contribution in [-0.4, -0.2) is 29.1 Å². The molecule has 0 saturated heterocycles. The monoisotopic (exact) mass is 283 g/mol. The van der Waals surface area contributed by atoms with Gasteiger partial charge in [-0.1, -0.05) is 13.0 Å². The molecule has 110 valence electrons. The highest BCUT2D eigenvalue weighted by atomic mass is 19.1. The Morgan fingerprint density at radius 3 is 2.60 bits per heavy atom. The summed E-state index contributed by atoms with van der Waals surface area (Å²) in [5, 5.41) is 11.7. The zero-order valence-electron chi connectivity index (χ0n) is 11.7. The van der Waals surface area contributed by atoms with Gasteiger partial charge >= 0.3 is 5.97 Å². The summed E-state index contributed by atoms with van der Waals surface area (Å²) in [6.45, 7) is 5.27. The zero-order chi connectivity index (χ0) is 15.3. The average molecular weight is 283 g/mol. The number of rotatable bonds is 6. The highest BCUT2D eigenvalue weighted by Gasteiger charge is 2.20. The number of hydrogen-bond donors (Lipinski definition) is 2. The Balaban J connectivity index is 2.74. The van der Waals surface area contributed by atoms with Crippen LogP contribution in [-0.2, 0) is 4.79 Å². The van der Waals surface area contributed by atoms with Crippen LogP contribution in [0.25, 0.3) is 0 Å². The molecule has 2 N–H and O–H groups in total. The molecule has 0 aliphatic carbocycles. The first kappa shape index (κ1) is 15.9. The summed E-state index contributed by atoms with van der Waals surface area (Å²) in [4.78, 5) is 22.6. The van der Waals surface area contributed by atoms with E-state index in [1.165, 1.54) is 12.1 Å². The van der Waals surface area contributed by atoms with Crippen molar-refractivity contribution < 1.29 is 23.8 Å². The second kappa shape index (κ2) is 6.36. The van der Waals surface area contributed by atoms with Gasteiger partial charge in [0.25, 0.3) is 5.91 Å². The van der Waals surface area contributed by atoms with E-state index in [2.05, 4.69) is 5.32 Å². The van der Waals surface area contributed by atoms with Crippen LogP contribution in [0.3, 0.4) is 0 Å². The van der Waals surface area contributed by atoms with E-state index in [0.29, 0.717) is 0 Å². The van der Waals surface area contributed by atoms with Crippen LogP contribution < -0.4 is 10.1 Å². The molecule has 0 heterocycles. The molecule has 0 atom stereocenters. The van der Waals surface area contributed by atoms with Crippen LogP contribution in [0.15, 0.2) is 18.2 Å². The van der Waals surface area contributed by atoms with Crippen LogP contribution in [0.1, 0.15) is 37.6 Å². The molecule has 0 radical (unpaired) electrons. The van der Waals surface area contributed by atoms with E-state index in [9.17, 15) is 14.0 Å². The number of benzene rings is 1. The van der Waals surface area contributed by atoms with E-state index >= 15 is 0 Å². The number of carbonyl (C=O) groups is 2. The second-order valence-corrected chi connectivity index (χ2v) is 4.99. The Morgan fingerprint density at radius 2 is 2.05 bits per heavy atom. The quantitative estimate of drug-likeness (QED) is 0.839. The lowest BCUT2D eigenvalue weighted by Crippen LogP contribution is -2.45. The first-order chi connectivity index (χ1) is 9.26. The third kappa shape index (κ3) is 4.22. The summed E-state index contributed by atoms with van der Waals surface area (Å²) in [6, 6.07) is 3.66. The van der Waals surface area contributed by atoms with Crippen LogP contribution in [0.4, 0.5) is 4.39 Å². The number of carboxylic acids is 1. The Labute approximate surface area is 116 Å². The van der Waals surface area contributed by atoms with E-state index in [4.69, 9.17) is 9.84 Å². The fourth-order valence-corrected chi connectivity index (χ4v) is 1.48. The van der Waals surface area contributed by atoms with Crippen LogP contribution >= 0.6 is 0 Å². The van der Waals surface area contributed by atoms with Crippen molar-refractivity contribution in [2.24, 2.45) is 0 Å². The summed E-state index contributed by atoms with van der Waals surface area (Å²) >= 11 is 0. The normalized spacial score (nSPS) is 11.0. The summed E-state index contributed by atoms with van der Waals surface area (Å²) < 4.78 is 18.5. The molecule has 0 aliphatic heterocycles. The fourth-order valence-electron chi connectivity index (χ4n) is 1.48. The van der Waals surface area contributed by atoms with E-state index < -0.39 is 23.3 Å². The predicted octanol–water partition coefficient (Wildman–Crippen LogP) is 2.21. The lowest BCUT2D eigenvalue weighted by molar-refractivity contribution is -0.124. The molecule has 0 aromatic heterocycles. The number of hydrogen-bond acceptors (Lipinski definition) is 3. The zero-order valence-corrected chi connectivity index (χ0v) is 11.7. The van der Waals surface area contributed by atoms with E-state index in [1.54, 1.807) is 0 Å². The van der Waals surface area contributed by atoms with Gasteiger partial charge in [-0.3, -0.25) is 4.79 Å². The molecule has 0 aliphatic rings. The molecule has 1 rings (SSSR count). The molecule has 1 amide bonds. The Hall–Kier alpha value is -2.11. The Bertz CT molecular complexity index is 514. The number of aromatic carboxylic acids is 1. The lowest BCUT2D eigenvalue weighted by atomic mass is 10.0. The van der Waals surface area contributed by atoms with Gasteiger partial charge in [0.1, 0.15) is 17.1 Å². The minimum atomic E-state index is -1.44. The van der Waals surface area contributed by atoms with Crippen molar-refractivity contribution in [1.29, 1.82) is 0 Å². The van der Waals surface area contributed by atoms with Crippen molar-refractivity contribution in [2.75, 3.05) is 6.61 Å². The smallest absolute Gasteiger partial charge is 0.342 e. The largest absolute Gasteiger partial charge is 0.483 e. The summed E-state index contributed by atoms with van der Waals surface area (Å²) in [6.07, 6.45) is 0.735. The van der Waals surface area contributed by atoms with Gasteiger partial charge in [0, 0.05) is 5.54 Å². The van der Waals surface area contributed by atoms with Crippen LogP contribution in [0.2, 0.25) is 0 Å². The predicted molar refractivity (Wildman–Crippen MR) is 71.4 cm³/mol. The van der Waals surface area contributed by atoms with Gasteiger partial charge in [0.2, 0.25) is 0 Å². The van der Waals surface area contributed by atoms with Crippen molar-refractivity contribution in [3.63, 3.8) is 0 Å². The van der Waals surface area contributed by atoms with Gasteiger partial charge in [0.15, 0.2) is 6.61 Å². The maximum absolute atomic E-state index is 13.4. The first-order valence-electron chi connectivity index (χ1n) is 6.22. The molecule has 1 aromatic carbocycles. The molecular weight excluding hydrogens is 265 g/mol. The van der Waals surface area contributed by atoms with E-state index in [1.807, 2.05) is 20.8 Å². The average Bonchev–Trinajstić information content (AvgIpc) is 2.35. The minimum absolute atomic E-state index is 0.165. The number of amides is 1. The lowest BCUT2D eigenvalue weighted by Gasteiger charge is -2.24. The van der Waals surface area contributed by atoms with Crippen LogP contribution in [0, 0.1) is 5.82 Å². The number of ether oxygens (including phenoxy) is 1. The van der Waals surface area contributed by atoms with Gasteiger partial charge in [-0.25, -0.2) is 9.18 Å². The molecule has 0 saturated carbocycles. The molecule has 0 unspecified atom stereocenters. The molecule has 1 aromatic rings. The van der Waals surface area contributed by atoms with Gasteiger partial charge in [-0.05, 0) is 32.4 Å². The minimum Gasteiger partial charge on any atom is -0.483 e. The summed E-state index contributed by atoms with van der Waals surface area (Å²) in [5.74, 6) is -2.89. The molecule has 5 nitrogen and oxygen atoms in total. The molecule has 0 spiro atoms. The van der Waals surface area contributed by atoms with Gasteiger partial charge < -0.3 is 15.2 Å². The van der Waals surface area contributed by atoms with Crippen molar-refractivity contribution in [3.05, 3.63) is 29.6 Å². The number of carboxylic acid groups (broad SMARTS) is 1. The Morgan fingerprint density at radius 1 is 1.40 bits per heavy atom. The molecule has 0 bridgehead atoms. The SMILES string of the molecule is CCC(C)(C)NC(=O)COc1cccc(F)c1C(=O)O. The van der Waals surface area contributed by atoms with Gasteiger partial charge in [-0.15, -0.1) is 0 Å². The standard InChI is InChI=1S/C14H18FNO4/c1-4-14(2,3)16-11(17)8-20-10-7-5-6-9(15)12(10)13(18)19/h5-7H,4,8H2,1-3H3,(H,16,17)(H,18,19). The van der Waals surface area contributed by atoms with E-state index in [0.717, 1.165) is 12.5 Å². The number of nitrogens with one attached hydrogen (secondary N) is 1. The summed E-state index contributed by atoms with van der Waals surface area (Å²) in [7, 11) is 0. The third-order valence-corrected chi connectivity index (χ3v) is 2.91. The van der Waals surface area contributed by atoms with E-state index in [-0.39, 0.29) is 17.9 Å². The fraction of sp³-hybridized carbons (Fsp3) is 0.429. The molecule has 0 fully saturated rings. The highest BCUT2D eigenvalue weighted by Crippen LogP contribution is 2.21. The van der Waals surface area contributed by atoms with Crippen molar-refractivity contribution in [1.82, 2.24) is 5.32 Å². The summed E-state index contributed by atoms with van der Waals surface area (Å²) in [5.41, 5.74) is -0.951. The highest BCUT2D eigenvalue weighted by molar-refractivity contribution is 5.91. The van der Waals surface area contributed by atoms with Crippen molar-refractivity contribution in [3.8, 4) is 5.75 Å². The maximum Gasteiger partial charge on any atom is 0.342 e.